The molecule has 1 saturated heterocycles. The molecule has 1 saturated carbocycles. The van der Waals surface area contributed by atoms with Crippen LogP contribution in [0.2, 0.25) is 5.02 Å². The zero-order valence-electron chi connectivity index (χ0n) is 17.6. The maximum Gasteiger partial charge on any atom is 0.315 e. The van der Waals surface area contributed by atoms with Gasteiger partial charge in [-0.25, -0.2) is 17.9 Å². The molecule has 2 amide bonds. The first-order chi connectivity index (χ1) is 14.9. The molecule has 1 heterocycles. The van der Waals surface area contributed by atoms with Gasteiger partial charge in [0.2, 0.25) is 10.0 Å². The summed E-state index contributed by atoms with van der Waals surface area (Å²) >= 11 is 5.80. The third kappa shape index (κ3) is 7.32. The molecule has 2 fully saturated rings. The van der Waals surface area contributed by atoms with Crippen LogP contribution in [0.5, 0.6) is 0 Å². The van der Waals surface area contributed by atoms with E-state index in [1.165, 1.54) is 30.7 Å². The van der Waals surface area contributed by atoms with E-state index in [1.807, 2.05) is 0 Å². The van der Waals surface area contributed by atoms with Gasteiger partial charge in [0.05, 0.1) is 23.6 Å². The molecule has 1 aromatic rings. The maximum absolute atomic E-state index is 12.4. The zero-order chi connectivity index (χ0) is 22.3. The summed E-state index contributed by atoms with van der Waals surface area (Å²) in [4.78, 5) is 12.5. The van der Waals surface area contributed by atoms with Crippen molar-refractivity contribution in [3.05, 3.63) is 29.3 Å². The SMILES string of the molecule is O=C(NC1CCCCC1)N[C@@H]1CC[C@H](CCNS(=O)(=O)c2ccc(Cl)cc2)O[C@H]1CO. The number of amides is 2. The molecule has 0 aromatic heterocycles. The quantitative estimate of drug-likeness (QED) is 0.463. The number of hydrogen-bond acceptors (Lipinski definition) is 5. The largest absolute Gasteiger partial charge is 0.394 e. The third-order valence-electron chi connectivity index (χ3n) is 5.93. The summed E-state index contributed by atoms with van der Waals surface area (Å²) in [7, 11) is -3.62. The number of rotatable bonds is 8. The number of carbonyl (C=O) groups is 1. The number of sulfonamides is 1. The lowest BCUT2D eigenvalue weighted by molar-refractivity contribution is -0.0887. The molecule has 174 valence electrons. The van der Waals surface area contributed by atoms with E-state index in [0.717, 1.165) is 25.7 Å². The van der Waals surface area contributed by atoms with Gasteiger partial charge < -0.3 is 20.5 Å². The Morgan fingerprint density at radius 2 is 1.77 bits per heavy atom. The van der Waals surface area contributed by atoms with E-state index in [2.05, 4.69) is 15.4 Å². The van der Waals surface area contributed by atoms with E-state index in [-0.39, 0.29) is 42.3 Å². The Bertz CT molecular complexity index is 815. The summed E-state index contributed by atoms with van der Waals surface area (Å²) in [5.41, 5.74) is 0. The molecular weight excluding hydrogens is 442 g/mol. The van der Waals surface area contributed by atoms with Crippen LogP contribution in [0.15, 0.2) is 29.2 Å². The fourth-order valence-corrected chi connectivity index (χ4v) is 5.38. The van der Waals surface area contributed by atoms with E-state index >= 15 is 0 Å². The molecule has 2 aliphatic rings. The summed E-state index contributed by atoms with van der Waals surface area (Å²) in [6.45, 7) is 0.00934. The molecule has 0 spiro atoms. The van der Waals surface area contributed by atoms with Crippen molar-refractivity contribution in [1.29, 1.82) is 0 Å². The van der Waals surface area contributed by atoms with Gasteiger partial charge in [0.25, 0.3) is 0 Å². The molecule has 0 bridgehead atoms. The van der Waals surface area contributed by atoms with Crippen LogP contribution >= 0.6 is 11.6 Å². The number of urea groups is 1. The molecule has 1 aliphatic heterocycles. The second-order valence-electron chi connectivity index (χ2n) is 8.26. The first kappa shape index (κ1) is 24.3. The minimum Gasteiger partial charge on any atom is -0.394 e. The summed E-state index contributed by atoms with van der Waals surface area (Å²) < 4.78 is 33.2. The number of halogens is 1. The molecule has 31 heavy (non-hydrogen) atoms. The first-order valence-corrected chi connectivity index (χ1v) is 12.8. The van der Waals surface area contributed by atoms with Crippen molar-refractivity contribution in [2.75, 3.05) is 13.2 Å². The van der Waals surface area contributed by atoms with Gasteiger partial charge in [0.1, 0.15) is 6.10 Å². The minimum atomic E-state index is -3.62. The lowest BCUT2D eigenvalue weighted by atomic mass is 9.95. The Kier molecular flexibility index (Phi) is 8.97. The number of carbonyl (C=O) groups excluding carboxylic acids is 1. The fraction of sp³-hybridized carbons (Fsp3) is 0.667. The molecule has 3 rings (SSSR count). The highest BCUT2D eigenvalue weighted by atomic mass is 35.5. The van der Waals surface area contributed by atoms with Gasteiger partial charge in [0, 0.05) is 17.6 Å². The molecule has 10 heteroatoms. The monoisotopic (exact) mass is 473 g/mol. The molecule has 0 unspecified atom stereocenters. The Balaban J connectivity index is 1.42. The number of benzene rings is 1. The lowest BCUT2D eigenvalue weighted by Gasteiger charge is -2.36. The lowest BCUT2D eigenvalue weighted by Crippen LogP contribution is -2.55. The molecule has 3 atom stereocenters. The molecular formula is C21H32ClN3O5S. The molecule has 0 radical (unpaired) electrons. The van der Waals surface area contributed by atoms with Crippen LogP contribution in [0.1, 0.15) is 51.4 Å². The predicted molar refractivity (Wildman–Crippen MR) is 119 cm³/mol. The van der Waals surface area contributed by atoms with Crippen LogP contribution in [-0.2, 0) is 14.8 Å². The van der Waals surface area contributed by atoms with Gasteiger partial charge in [-0.05, 0) is 56.4 Å². The molecule has 1 aliphatic carbocycles. The number of aliphatic hydroxyl groups is 1. The Morgan fingerprint density at radius 3 is 2.45 bits per heavy atom. The van der Waals surface area contributed by atoms with Crippen molar-refractivity contribution in [1.82, 2.24) is 15.4 Å². The molecule has 4 N–H and O–H groups in total. The Morgan fingerprint density at radius 1 is 1.06 bits per heavy atom. The van der Waals surface area contributed by atoms with Gasteiger partial charge in [-0.3, -0.25) is 0 Å². The van der Waals surface area contributed by atoms with E-state index in [9.17, 15) is 18.3 Å². The fourth-order valence-electron chi connectivity index (χ4n) is 4.20. The van der Waals surface area contributed by atoms with Crippen LogP contribution in [-0.4, -0.2) is 57.0 Å². The van der Waals surface area contributed by atoms with E-state index < -0.39 is 16.1 Å². The summed E-state index contributed by atoms with van der Waals surface area (Å²) in [6.07, 6.45) is 6.63. The van der Waals surface area contributed by atoms with Gasteiger partial charge in [0.15, 0.2) is 0 Å². The van der Waals surface area contributed by atoms with Gasteiger partial charge in [-0.1, -0.05) is 30.9 Å². The second-order valence-corrected chi connectivity index (χ2v) is 10.5. The maximum atomic E-state index is 12.4. The van der Waals surface area contributed by atoms with Crippen molar-refractivity contribution in [3.8, 4) is 0 Å². The Labute approximate surface area is 189 Å². The highest BCUT2D eigenvalue weighted by molar-refractivity contribution is 7.89. The number of hydrogen-bond donors (Lipinski definition) is 4. The van der Waals surface area contributed by atoms with Crippen LogP contribution in [0.25, 0.3) is 0 Å². The standard InChI is InChI=1S/C21H32ClN3O5S/c22-15-6-9-18(10-7-15)31(28,29)23-13-12-17-8-11-19(20(14-26)30-17)25-21(27)24-16-4-2-1-3-5-16/h6-7,9-10,16-17,19-20,23,26H,1-5,8,11-14H2,(H2,24,25,27)/t17-,19-,20+/m1/s1. The van der Waals surface area contributed by atoms with Gasteiger partial charge >= 0.3 is 6.03 Å². The highest BCUT2D eigenvalue weighted by Crippen LogP contribution is 2.22. The van der Waals surface area contributed by atoms with E-state index in [1.54, 1.807) is 0 Å². The topological polar surface area (TPSA) is 117 Å². The van der Waals surface area contributed by atoms with Crippen molar-refractivity contribution in [2.24, 2.45) is 0 Å². The van der Waals surface area contributed by atoms with Crippen molar-refractivity contribution in [2.45, 2.75) is 80.6 Å². The average Bonchev–Trinajstić information content (AvgIpc) is 2.75. The van der Waals surface area contributed by atoms with Crippen LogP contribution in [0, 0.1) is 0 Å². The predicted octanol–water partition coefficient (Wildman–Crippen LogP) is 2.55. The smallest absolute Gasteiger partial charge is 0.315 e. The zero-order valence-corrected chi connectivity index (χ0v) is 19.1. The normalized spacial score (nSPS) is 25.2. The summed E-state index contributed by atoms with van der Waals surface area (Å²) in [5.74, 6) is 0. The number of aliphatic hydroxyl groups excluding tert-OH is 1. The molecule has 8 nitrogen and oxygen atoms in total. The Hall–Kier alpha value is -1.39. The van der Waals surface area contributed by atoms with Crippen LogP contribution < -0.4 is 15.4 Å². The van der Waals surface area contributed by atoms with Gasteiger partial charge in [-0.15, -0.1) is 0 Å². The van der Waals surface area contributed by atoms with Crippen molar-refractivity contribution >= 4 is 27.7 Å². The van der Waals surface area contributed by atoms with E-state index in [4.69, 9.17) is 16.3 Å². The van der Waals surface area contributed by atoms with E-state index in [0.29, 0.717) is 24.3 Å². The van der Waals surface area contributed by atoms with Crippen LogP contribution in [0.3, 0.4) is 0 Å². The molecule has 1 aromatic carbocycles. The third-order valence-corrected chi connectivity index (χ3v) is 7.66. The summed E-state index contributed by atoms with van der Waals surface area (Å²) in [6, 6.07) is 5.71. The number of ether oxygens (including phenoxy) is 1. The van der Waals surface area contributed by atoms with Gasteiger partial charge in [-0.2, -0.15) is 0 Å². The first-order valence-electron chi connectivity index (χ1n) is 11.0. The highest BCUT2D eigenvalue weighted by Gasteiger charge is 2.32. The average molecular weight is 474 g/mol. The van der Waals surface area contributed by atoms with Crippen molar-refractivity contribution in [3.63, 3.8) is 0 Å². The second kappa shape index (κ2) is 11.5. The minimum absolute atomic E-state index is 0.155. The number of nitrogens with one attached hydrogen (secondary N) is 3. The summed E-state index contributed by atoms with van der Waals surface area (Å²) in [5, 5.41) is 16.1. The van der Waals surface area contributed by atoms with Crippen LogP contribution in [0.4, 0.5) is 4.79 Å². The van der Waals surface area contributed by atoms with Crippen molar-refractivity contribution < 1.29 is 23.1 Å².